The molecule has 2 N–H and O–H groups in total. The Morgan fingerprint density at radius 1 is 0.971 bits per heavy atom. The normalized spacial score (nSPS) is 15.9. The quantitative estimate of drug-likeness (QED) is 0.401. The smallest absolute Gasteiger partial charge is 0.337 e. The second-order valence-corrected chi connectivity index (χ2v) is 9.62. The minimum atomic E-state index is -0.320. The summed E-state index contributed by atoms with van der Waals surface area (Å²) >= 11 is 12.9. The maximum Gasteiger partial charge on any atom is 0.337 e. The third-order valence-electron chi connectivity index (χ3n) is 6.55. The SMILES string of the molecule is COC(=O)c1ccc2c(c1)CCCC(c1ccc(Cl)cc1Cl)=C2c1ccc(NC2CNC2)cc1. The molecule has 4 nitrogen and oxygen atoms in total. The molecule has 34 heavy (non-hydrogen) atoms. The van der Waals surface area contributed by atoms with Crippen LogP contribution in [0, 0.1) is 0 Å². The van der Waals surface area contributed by atoms with Gasteiger partial charge in [0.25, 0.3) is 0 Å². The lowest BCUT2D eigenvalue weighted by atomic mass is 9.87. The van der Waals surface area contributed by atoms with Crippen molar-refractivity contribution in [2.24, 2.45) is 0 Å². The third-order valence-corrected chi connectivity index (χ3v) is 7.10. The standard InChI is InChI=1S/C28H26Cl2N2O2/c1-34-28(33)19-7-11-23-18(13-19)3-2-4-25(24-12-8-20(29)14-26(24)30)27(23)17-5-9-21(10-6-17)32-22-15-31-16-22/h5-14,22,31-32H,2-4,15-16H2,1H3. The predicted octanol–water partition coefficient (Wildman–Crippen LogP) is 6.46. The zero-order valence-corrected chi connectivity index (χ0v) is 20.5. The number of hydrogen-bond donors (Lipinski definition) is 2. The number of anilines is 1. The fourth-order valence-electron chi connectivity index (χ4n) is 4.73. The van der Waals surface area contributed by atoms with Crippen molar-refractivity contribution in [1.29, 1.82) is 0 Å². The molecule has 3 aromatic carbocycles. The number of esters is 1. The number of methoxy groups -OCH3 is 1. The molecule has 0 spiro atoms. The van der Waals surface area contributed by atoms with Gasteiger partial charge in [-0.15, -0.1) is 0 Å². The Hall–Kier alpha value is -2.79. The monoisotopic (exact) mass is 492 g/mol. The highest BCUT2D eigenvalue weighted by Crippen LogP contribution is 2.42. The fourth-order valence-corrected chi connectivity index (χ4v) is 5.25. The number of nitrogens with one attached hydrogen (secondary N) is 2. The van der Waals surface area contributed by atoms with Crippen LogP contribution in [-0.2, 0) is 11.2 Å². The number of hydrogen-bond acceptors (Lipinski definition) is 4. The second kappa shape index (κ2) is 9.83. The Bertz CT molecular complexity index is 1260. The van der Waals surface area contributed by atoms with E-state index in [4.69, 9.17) is 27.9 Å². The number of rotatable bonds is 5. The largest absolute Gasteiger partial charge is 0.465 e. The summed E-state index contributed by atoms with van der Waals surface area (Å²) < 4.78 is 4.95. The predicted molar refractivity (Wildman–Crippen MR) is 140 cm³/mol. The first-order valence-corrected chi connectivity index (χ1v) is 12.3. The zero-order chi connectivity index (χ0) is 23.7. The summed E-state index contributed by atoms with van der Waals surface area (Å²) in [4.78, 5) is 12.2. The van der Waals surface area contributed by atoms with Crippen LogP contribution in [0.1, 0.15) is 45.5 Å². The maximum absolute atomic E-state index is 12.2. The Kier molecular flexibility index (Phi) is 6.64. The zero-order valence-electron chi connectivity index (χ0n) is 19.0. The van der Waals surface area contributed by atoms with E-state index in [1.807, 2.05) is 30.3 Å². The molecular formula is C28H26Cl2N2O2. The van der Waals surface area contributed by atoms with E-state index >= 15 is 0 Å². The molecule has 2 aliphatic rings. The summed E-state index contributed by atoms with van der Waals surface area (Å²) in [6.07, 6.45) is 2.68. The molecule has 6 heteroatoms. The Morgan fingerprint density at radius 3 is 2.41 bits per heavy atom. The van der Waals surface area contributed by atoms with Gasteiger partial charge in [-0.3, -0.25) is 0 Å². The molecule has 1 aliphatic carbocycles. The van der Waals surface area contributed by atoms with Crippen LogP contribution < -0.4 is 10.6 Å². The first-order valence-electron chi connectivity index (χ1n) is 11.5. The van der Waals surface area contributed by atoms with E-state index in [1.54, 1.807) is 6.07 Å². The van der Waals surface area contributed by atoms with E-state index in [0.29, 0.717) is 21.7 Å². The Labute approximate surface area is 209 Å². The van der Waals surface area contributed by atoms with Crippen molar-refractivity contribution in [3.8, 4) is 0 Å². The summed E-state index contributed by atoms with van der Waals surface area (Å²) in [5, 5.41) is 8.11. The molecule has 0 aromatic heterocycles. The Balaban J connectivity index is 1.65. The van der Waals surface area contributed by atoms with Crippen LogP contribution in [0.25, 0.3) is 11.1 Å². The van der Waals surface area contributed by atoms with Crippen LogP contribution in [-0.4, -0.2) is 32.2 Å². The van der Waals surface area contributed by atoms with Gasteiger partial charge in [0.15, 0.2) is 0 Å². The van der Waals surface area contributed by atoms with Gasteiger partial charge in [0, 0.05) is 28.8 Å². The lowest BCUT2D eigenvalue weighted by Crippen LogP contribution is -2.51. The van der Waals surface area contributed by atoms with E-state index in [9.17, 15) is 4.79 Å². The molecule has 0 saturated carbocycles. The number of ether oxygens (including phenoxy) is 1. The summed E-state index contributed by atoms with van der Waals surface area (Å²) in [6.45, 7) is 1.98. The number of carbonyl (C=O) groups excluding carboxylic acids is 1. The van der Waals surface area contributed by atoms with Crippen molar-refractivity contribution >= 4 is 46.0 Å². The van der Waals surface area contributed by atoms with Gasteiger partial charge in [-0.1, -0.05) is 47.5 Å². The molecule has 0 bridgehead atoms. The summed E-state index contributed by atoms with van der Waals surface area (Å²) in [7, 11) is 1.41. The average molecular weight is 493 g/mol. The van der Waals surface area contributed by atoms with Gasteiger partial charge in [-0.2, -0.15) is 0 Å². The van der Waals surface area contributed by atoms with Crippen LogP contribution in [0.2, 0.25) is 10.0 Å². The fraction of sp³-hybridized carbons (Fsp3) is 0.250. The topological polar surface area (TPSA) is 50.4 Å². The maximum atomic E-state index is 12.2. The van der Waals surface area contributed by atoms with E-state index in [-0.39, 0.29) is 5.97 Å². The number of halogens is 2. The van der Waals surface area contributed by atoms with E-state index in [2.05, 4.69) is 34.9 Å². The molecule has 0 atom stereocenters. The van der Waals surface area contributed by atoms with Gasteiger partial charge in [0.05, 0.1) is 18.7 Å². The van der Waals surface area contributed by atoms with Gasteiger partial charge in [0.2, 0.25) is 0 Å². The van der Waals surface area contributed by atoms with Gasteiger partial charge >= 0.3 is 5.97 Å². The van der Waals surface area contributed by atoms with Crippen molar-refractivity contribution in [3.63, 3.8) is 0 Å². The number of fused-ring (bicyclic) bond motifs is 1. The average Bonchev–Trinajstić information content (AvgIpc) is 3.00. The van der Waals surface area contributed by atoms with Crippen molar-refractivity contribution in [2.75, 3.05) is 25.5 Å². The van der Waals surface area contributed by atoms with Crippen LogP contribution in [0.5, 0.6) is 0 Å². The molecule has 5 rings (SSSR count). The summed E-state index contributed by atoms with van der Waals surface area (Å²) in [6, 6.07) is 20.6. The molecule has 174 valence electrons. The molecule has 0 unspecified atom stereocenters. The molecule has 0 radical (unpaired) electrons. The lowest BCUT2D eigenvalue weighted by Gasteiger charge is -2.29. The number of allylic oxidation sites excluding steroid dienone is 1. The summed E-state index contributed by atoms with van der Waals surface area (Å²) in [5.41, 5.74) is 8.39. The van der Waals surface area contributed by atoms with Crippen molar-refractivity contribution in [2.45, 2.75) is 25.3 Å². The highest BCUT2D eigenvalue weighted by atomic mass is 35.5. The van der Waals surface area contributed by atoms with Gasteiger partial charge in [-0.05, 0) is 89.1 Å². The highest BCUT2D eigenvalue weighted by Gasteiger charge is 2.23. The molecule has 1 aliphatic heterocycles. The number of benzene rings is 3. The summed E-state index contributed by atoms with van der Waals surface area (Å²) in [5.74, 6) is -0.320. The van der Waals surface area contributed by atoms with Gasteiger partial charge in [0.1, 0.15) is 0 Å². The minimum Gasteiger partial charge on any atom is -0.465 e. The van der Waals surface area contributed by atoms with Crippen molar-refractivity contribution in [3.05, 3.63) is 98.5 Å². The first kappa shape index (κ1) is 23.0. The van der Waals surface area contributed by atoms with Crippen molar-refractivity contribution < 1.29 is 9.53 Å². The van der Waals surface area contributed by atoms with E-state index in [0.717, 1.165) is 65.9 Å². The van der Waals surface area contributed by atoms with Gasteiger partial charge < -0.3 is 15.4 Å². The van der Waals surface area contributed by atoms with Crippen LogP contribution in [0.3, 0.4) is 0 Å². The Morgan fingerprint density at radius 2 is 1.74 bits per heavy atom. The first-order chi connectivity index (χ1) is 16.5. The molecule has 1 saturated heterocycles. The number of carbonyl (C=O) groups is 1. The van der Waals surface area contributed by atoms with Crippen molar-refractivity contribution in [1.82, 2.24) is 5.32 Å². The van der Waals surface area contributed by atoms with Crippen LogP contribution in [0.15, 0.2) is 60.7 Å². The van der Waals surface area contributed by atoms with Gasteiger partial charge in [-0.25, -0.2) is 4.79 Å². The molecular weight excluding hydrogens is 467 g/mol. The van der Waals surface area contributed by atoms with E-state index < -0.39 is 0 Å². The molecule has 1 fully saturated rings. The molecule has 3 aromatic rings. The molecule has 1 heterocycles. The number of aryl methyl sites for hydroxylation is 1. The van der Waals surface area contributed by atoms with Crippen LogP contribution in [0.4, 0.5) is 5.69 Å². The molecule has 0 amide bonds. The lowest BCUT2D eigenvalue weighted by molar-refractivity contribution is 0.0600. The minimum absolute atomic E-state index is 0.320. The highest BCUT2D eigenvalue weighted by molar-refractivity contribution is 6.36. The second-order valence-electron chi connectivity index (χ2n) is 8.77. The van der Waals surface area contributed by atoms with E-state index in [1.165, 1.54) is 12.7 Å². The van der Waals surface area contributed by atoms with Crippen LogP contribution >= 0.6 is 23.2 Å². The third kappa shape index (κ3) is 4.58.